The molecule has 7 nitrogen and oxygen atoms in total. The number of rotatable bonds is 5. The number of carbonyl (C=O) groups is 1. The fraction of sp³-hybridized carbons (Fsp3) is 0.690. The van der Waals surface area contributed by atoms with Crippen molar-refractivity contribution >= 4 is 23.9 Å². The predicted octanol–water partition coefficient (Wildman–Crippen LogP) is 4.70. The average molecular weight is 528 g/mol. The van der Waals surface area contributed by atoms with Crippen LogP contribution in [0, 0.1) is 16.7 Å². The highest BCUT2D eigenvalue weighted by Crippen LogP contribution is 2.66. The molecule has 5 N–H and O–H groups in total. The number of hydrogen-bond donors (Lipinski definition) is 5. The number of hydrogen-bond acceptors (Lipinski definition) is 6. The molecule has 5 saturated carbocycles. The van der Waals surface area contributed by atoms with Gasteiger partial charge in [-0.3, -0.25) is 5.32 Å². The Balaban J connectivity index is 0.971. The van der Waals surface area contributed by atoms with Crippen molar-refractivity contribution in [3.63, 3.8) is 0 Å². The zero-order valence-electron chi connectivity index (χ0n) is 22.0. The molecule has 0 radical (unpaired) electrons. The summed E-state index contributed by atoms with van der Waals surface area (Å²) in [6.45, 7) is 4.88. The normalized spacial score (nSPS) is 43.7. The van der Waals surface area contributed by atoms with Crippen molar-refractivity contribution in [1.82, 2.24) is 16.0 Å². The molecule has 8 heteroatoms. The molecule has 6 fully saturated rings. The van der Waals surface area contributed by atoms with Crippen LogP contribution in [0.4, 0.5) is 4.79 Å². The number of urea groups is 1. The number of thioether (sulfide) groups is 1. The highest BCUT2D eigenvalue weighted by molar-refractivity contribution is 8.03. The molecular formula is C29H41N3O4S. The number of ether oxygens (including phenoxy) is 1. The summed E-state index contributed by atoms with van der Waals surface area (Å²) in [6, 6.07) is 8.05. The molecule has 5 aliphatic carbocycles. The molecule has 0 aromatic heterocycles. The van der Waals surface area contributed by atoms with E-state index in [0.717, 1.165) is 62.2 Å². The van der Waals surface area contributed by atoms with E-state index in [1.807, 2.05) is 30.3 Å². The largest absolute Gasteiger partial charge is 0.490 e. The lowest BCUT2D eigenvalue weighted by atomic mass is 9.43. The van der Waals surface area contributed by atoms with Gasteiger partial charge in [0, 0.05) is 16.5 Å². The zero-order chi connectivity index (χ0) is 25.8. The Bertz CT molecular complexity index is 1040. The molecule has 1 aromatic rings. The molecule has 1 aromatic carbocycles. The lowest BCUT2D eigenvalue weighted by Crippen LogP contribution is -2.66. The average Bonchev–Trinajstić information content (AvgIpc) is 3.10. The van der Waals surface area contributed by atoms with E-state index in [1.54, 1.807) is 0 Å². The van der Waals surface area contributed by atoms with Gasteiger partial charge < -0.3 is 25.6 Å². The molecule has 7 rings (SSSR count). The summed E-state index contributed by atoms with van der Waals surface area (Å²) in [6.07, 6.45) is 12.3. The second-order valence-corrected chi connectivity index (χ2v) is 14.4. The molecule has 1 heterocycles. The predicted molar refractivity (Wildman–Crippen MR) is 146 cm³/mol. The summed E-state index contributed by atoms with van der Waals surface area (Å²) < 4.78 is 6.23. The van der Waals surface area contributed by atoms with E-state index in [4.69, 9.17) is 4.74 Å². The van der Waals surface area contributed by atoms with Crippen molar-refractivity contribution in [2.75, 3.05) is 0 Å². The van der Waals surface area contributed by atoms with Crippen LogP contribution in [-0.2, 0) is 0 Å². The van der Waals surface area contributed by atoms with E-state index in [-0.39, 0.29) is 23.7 Å². The van der Waals surface area contributed by atoms with Crippen molar-refractivity contribution in [3.05, 3.63) is 34.7 Å². The van der Waals surface area contributed by atoms with Crippen LogP contribution in [0.25, 0.3) is 6.08 Å². The SMILES string of the molecule is CC12CC3CC(C)(C1)CC(NC(=O)NC1CCC(Oc4ccc(/C=C5/S[C@@H](O)N[C@@H]5O)cc4)CC1)(C3)C2. The molecule has 2 unspecified atom stereocenters. The van der Waals surface area contributed by atoms with E-state index in [0.29, 0.717) is 15.7 Å². The van der Waals surface area contributed by atoms with Gasteiger partial charge in [-0.25, -0.2) is 4.79 Å². The first-order chi connectivity index (χ1) is 17.6. The molecule has 4 bridgehead atoms. The van der Waals surface area contributed by atoms with Crippen LogP contribution < -0.4 is 20.7 Å². The van der Waals surface area contributed by atoms with Gasteiger partial charge in [-0.2, -0.15) is 0 Å². The number of aliphatic hydroxyl groups excluding tert-OH is 2. The van der Waals surface area contributed by atoms with Gasteiger partial charge >= 0.3 is 6.03 Å². The van der Waals surface area contributed by atoms with Gasteiger partial charge in [-0.15, -0.1) is 0 Å². The Morgan fingerprint density at radius 3 is 2.30 bits per heavy atom. The molecule has 1 aliphatic heterocycles. The van der Waals surface area contributed by atoms with Crippen LogP contribution in [0.2, 0.25) is 0 Å². The van der Waals surface area contributed by atoms with Crippen molar-refractivity contribution in [2.45, 2.75) is 108 Å². The van der Waals surface area contributed by atoms with E-state index in [2.05, 4.69) is 29.8 Å². The topological polar surface area (TPSA) is 103 Å². The van der Waals surface area contributed by atoms with Crippen molar-refractivity contribution in [1.29, 1.82) is 0 Å². The Morgan fingerprint density at radius 2 is 1.70 bits per heavy atom. The summed E-state index contributed by atoms with van der Waals surface area (Å²) in [5, 5.41) is 28.9. The Labute approximate surface area is 224 Å². The van der Waals surface area contributed by atoms with Crippen molar-refractivity contribution in [3.8, 4) is 5.75 Å². The van der Waals surface area contributed by atoms with Crippen LogP contribution in [0.3, 0.4) is 0 Å². The molecular weight excluding hydrogens is 486 g/mol. The van der Waals surface area contributed by atoms with Crippen LogP contribution in [-0.4, -0.2) is 45.7 Å². The Kier molecular flexibility index (Phi) is 6.54. The summed E-state index contributed by atoms with van der Waals surface area (Å²) in [4.78, 5) is 13.8. The monoisotopic (exact) mass is 527 g/mol. The summed E-state index contributed by atoms with van der Waals surface area (Å²) in [5.74, 6) is 1.60. The maximum atomic E-state index is 13.1. The third-order valence-corrected chi connectivity index (χ3v) is 10.3. The zero-order valence-corrected chi connectivity index (χ0v) is 22.8. The lowest BCUT2D eigenvalue weighted by molar-refractivity contribution is -0.113. The van der Waals surface area contributed by atoms with E-state index in [1.165, 1.54) is 31.0 Å². The molecule has 6 aliphatic rings. The first-order valence-corrected chi connectivity index (χ1v) is 14.8. The molecule has 2 amide bonds. The quantitative estimate of drug-likeness (QED) is 0.381. The standard InChI is InChI=1S/C29H41N3O4S/c1-27-12-19-13-28(2,15-27)17-29(14-19,16-27)32-25(34)30-20-5-9-22(10-6-20)36-21-7-3-18(4-8-21)11-23-24(33)31-26(35)37-23/h3-4,7-8,11,19-20,22,24,26,31,33,35H,5-6,9-10,12-17H2,1-2H3,(H2,30,32,34)/b23-11+/t19?,20?,22?,24-,26-,27?,28?,29?/m1/s1. The van der Waals surface area contributed by atoms with Crippen LogP contribution >= 0.6 is 11.8 Å². The van der Waals surface area contributed by atoms with E-state index in [9.17, 15) is 15.0 Å². The molecule has 37 heavy (non-hydrogen) atoms. The van der Waals surface area contributed by atoms with Gasteiger partial charge in [0.25, 0.3) is 0 Å². The second kappa shape index (κ2) is 9.47. The Hall–Kier alpha value is -1.74. The van der Waals surface area contributed by atoms with Gasteiger partial charge in [0.2, 0.25) is 0 Å². The van der Waals surface area contributed by atoms with Crippen molar-refractivity contribution in [2.24, 2.45) is 16.7 Å². The third kappa shape index (κ3) is 5.54. The van der Waals surface area contributed by atoms with Gasteiger partial charge in [0.15, 0.2) is 5.56 Å². The summed E-state index contributed by atoms with van der Waals surface area (Å²) in [7, 11) is 0. The van der Waals surface area contributed by atoms with Crippen molar-refractivity contribution < 1.29 is 19.7 Å². The minimum atomic E-state index is -0.833. The second-order valence-electron chi connectivity index (χ2n) is 13.3. The number of benzene rings is 1. The number of amides is 2. The molecule has 1 saturated heterocycles. The maximum Gasteiger partial charge on any atom is 0.315 e. The van der Waals surface area contributed by atoms with Gasteiger partial charge in [-0.05, 0) is 105 Å². The van der Waals surface area contributed by atoms with E-state index >= 15 is 0 Å². The fourth-order valence-corrected chi connectivity index (χ4v) is 9.79. The fourth-order valence-electron chi connectivity index (χ4n) is 8.93. The Morgan fingerprint density at radius 1 is 1.03 bits per heavy atom. The minimum absolute atomic E-state index is 0.0136. The summed E-state index contributed by atoms with van der Waals surface area (Å²) in [5.41, 5.74) is 0.944. The molecule has 0 spiro atoms. The van der Waals surface area contributed by atoms with Crippen LogP contribution in [0.1, 0.15) is 83.6 Å². The lowest BCUT2D eigenvalue weighted by Gasteiger charge is -2.65. The first kappa shape index (κ1) is 25.5. The number of nitrogens with one attached hydrogen (secondary N) is 3. The molecule has 4 atom stereocenters. The summed E-state index contributed by atoms with van der Waals surface area (Å²) >= 11 is 1.21. The van der Waals surface area contributed by atoms with Gasteiger partial charge in [0.1, 0.15) is 12.0 Å². The first-order valence-electron chi connectivity index (χ1n) is 13.9. The smallest absolute Gasteiger partial charge is 0.315 e. The third-order valence-electron chi connectivity index (χ3n) is 9.32. The van der Waals surface area contributed by atoms with E-state index < -0.39 is 11.8 Å². The number of carbonyl (C=O) groups excluding carboxylic acids is 1. The van der Waals surface area contributed by atoms with Gasteiger partial charge in [0.05, 0.1) is 6.10 Å². The van der Waals surface area contributed by atoms with Crippen LogP contribution in [0.15, 0.2) is 29.2 Å². The maximum absolute atomic E-state index is 13.1. The highest BCUT2D eigenvalue weighted by Gasteiger charge is 2.60. The number of aliphatic hydroxyl groups is 2. The minimum Gasteiger partial charge on any atom is -0.490 e. The highest BCUT2D eigenvalue weighted by atomic mass is 32.2. The molecule has 202 valence electrons. The van der Waals surface area contributed by atoms with Gasteiger partial charge in [-0.1, -0.05) is 37.7 Å². The van der Waals surface area contributed by atoms with Crippen LogP contribution in [0.5, 0.6) is 5.75 Å².